The molecule has 0 saturated heterocycles. The lowest BCUT2D eigenvalue weighted by Gasteiger charge is -2.38. The zero-order valence-corrected chi connectivity index (χ0v) is 7.35. The maximum Gasteiger partial charge on any atom is -0.0215 e. The van der Waals surface area contributed by atoms with Gasteiger partial charge in [0.1, 0.15) is 0 Å². The summed E-state index contributed by atoms with van der Waals surface area (Å²) in [6, 6.07) is 0. The van der Waals surface area contributed by atoms with Crippen LogP contribution in [-0.4, -0.2) is 0 Å². The fraction of sp³-hybridized carbons (Fsp3) is 1.00. The molecule has 0 aromatic heterocycles. The smallest absolute Gasteiger partial charge is 0.0215 e. The zero-order valence-electron chi connectivity index (χ0n) is 7.35. The van der Waals surface area contributed by atoms with Crippen LogP contribution in [-0.2, 0) is 0 Å². The molecule has 4 atom stereocenters. The molecule has 0 amide bonds. The molecule has 0 bridgehead atoms. The Morgan fingerprint density at radius 3 is 2.50 bits per heavy atom. The van der Waals surface area contributed by atoms with Gasteiger partial charge in [-0.3, -0.25) is 0 Å². The average Bonchev–Trinajstić information content (AvgIpc) is 2.55. The van der Waals surface area contributed by atoms with Gasteiger partial charge in [-0.05, 0) is 36.0 Å². The summed E-state index contributed by atoms with van der Waals surface area (Å²) in [6.45, 7) is 7.21. The van der Waals surface area contributed by atoms with Gasteiger partial charge in [-0.15, -0.1) is 0 Å². The number of rotatable bonds is 2. The van der Waals surface area contributed by atoms with E-state index in [2.05, 4.69) is 20.8 Å². The molecule has 0 nitrogen and oxygen atoms in total. The van der Waals surface area contributed by atoms with E-state index in [1.165, 1.54) is 12.8 Å². The summed E-state index contributed by atoms with van der Waals surface area (Å²) in [6.07, 6.45) is 4.48. The standard InChI is InChI=1S/C10H18/c1-4-7(2)10-6-9(10)5-8(10)3/h7-9H,4-6H2,1-3H3. The molecule has 2 rings (SSSR count). The van der Waals surface area contributed by atoms with Crippen molar-refractivity contribution in [2.45, 2.75) is 40.0 Å². The second-order valence-corrected chi connectivity index (χ2v) is 4.46. The van der Waals surface area contributed by atoms with E-state index in [1.807, 2.05) is 0 Å². The topological polar surface area (TPSA) is 0 Å². The SMILES string of the molecule is CCC(C)C12CC1CC2C. The van der Waals surface area contributed by atoms with Crippen LogP contribution >= 0.6 is 0 Å². The van der Waals surface area contributed by atoms with Crippen molar-refractivity contribution in [2.75, 3.05) is 0 Å². The van der Waals surface area contributed by atoms with E-state index >= 15 is 0 Å². The van der Waals surface area contributed by atoms with Gasteiger partial charge in [0.2, 0.25) is 0 Å². The zero-order chi connectivity index (χ0) is 7.35. The first-order chi connectivity index (χ1) is 4.71. The highest BCUT2D eigenvalue weighted by atomic mass is 14.7. The van der Waals surface area contributed by atoms with Crippen molar-refractivity contribution in [3.05, 3.63) is 0 Å². The molecule has 2 aliphatic rings. The summed E-state index contributed by atoms with van der Waals surface area (Å²) in [5.41, 5.74) is 0.856. The molecule has 2 saturated carbocycles. The van der Waals surface area contributed by atoms with E-state index in [4.69, 9.17) is 0 Å². The van der Waals surface area contributed by atoms with Crippen LogP contribution in [0.25, 0.3) is 0 Å². The van der Waals surface area contributed by atoms with Gasteiger partial charge >= 0.3 is 0 Å². The third kappa shape index (κ3) is 0.538. The summed E-state index contributed by atoms with van der Waals surface area (Å²) < 4.78 is 0. The number of hydrogen-bond acceptors (Lipinski definition) is 0. The molecule has 0 aliphatic heterocycles. The van der Waals surface area contributed by atoms with Gasteiger partial charge in [0.05, 0.1) is 0 Å². The Hall–Kier alpha value is 0. The van der Waals surface area contributed by atoms with E-state index in [0.29, 0.717) is 0 Å². The minimum absolute atomic E-state index is 0.856. The van der Waals surface area contributed by atoms with Crippen molar-refractivity contribution in [3.8, 4) is 0 Å². The second-order valence-electron chi connectivity index (χ2n) is 4.46. The Bertz CT molecular complexity index is 150. The number of hydrogen-bond donors (Lipinski definition) is 0. The van der Waals surface area contributed by atoms with Gasteiger partial charge in [-0.1, -0.05) is 27.2 Å². The fourth-order valence-electron chi connectivity index (χ4n) is 3.23. The van der Waals surface area contributed by atoms with Crippen LogP contribution in [0.15, 0.2) is 0 Å². The molecule has 0 aromatic rings. The van der Waals surface area contributed by atoms with Gasteiger partial charge < -0.3 is 0 Å². The lowest BCUT2D eigenvalue weighted by Crippen LogP contribution is -2.31. The summed E-state index contributed by atoms with van der Waals surface area (Å²) >= 11 is 0. The molecule has 0 heterocycles. The van der Waals surface area contributed by atoms with Crippen molar-refractivity contribution >= 4 is 0 Å². The summed E-state index contributed by atoms with van der Waals surface area (Å²) in [5.74, 6) is 3.20. The van der Waals surface area contributed by atoms with Crippen molar-refractivity contribution in [3.63, 3.8) is 0 Å². The summed E-state index contributed by atoms with van der Waals surface area (Å²) in [7, 11) is 0. The largest absolute Gasteiger partial charge is 0.0651 e. The van der Waals surface area contributed by atoms with Crippen molar-refractivity contribution in [1.82, 2.24) is 0 Å². The Balaban J connectivity index is 2.05. The van der Waals surface area contributed by atoms with Crippen LogP contribution in [0.3, 0.4) is 0 Å². The Labute approximate surface area is 64.0 Å². The van der Waals surface area contributed by atoms with Gasteiger partial charge in [0.15, 0.2) is 0 Å². The van der Waals surface area contributed by atoms with Crippen molar-refractivity contribution in [2.24, 2.45) is 23.2 Å². The molecule has 0 N–H and O–H groups in total. The van der Waals surface area contributed by atoms with Crippen LogP contribution in [0, 0.1) is 23.2 Å². The predicted molar refractivity (Wildman–Crippen MR) is 43.8 cm³/mol. The van der Waals surface area contributed by atoms with E-state index in [-0.39, 0.29) is 0 Å². The molecular formula is C10H18. The van der Waals surface area contributed by atoms with Gasteiger partial charge in [0, 0.05) is 0 Å². The predicted octanol–water partition coefficient (Wildman–Crippen LogP) is 3.08. The van der Waals surface area contributed by atoms with E-state index in [9.17, 15) is 0 Å². The fourth-order valence-corrected chi connectivity index (χ4v) is 3.23. The van der Waals surface area contributed by atoms with Crippen LogP contribution < -0.4 is 0 Å². The molecule has 0 spiro atoms. The van der Waals surface area contributed by atoms with Crippen LogP contribution in [0.2, 0.25) is 0 Å². The van der Waals surface area contributed by atoms with Crippen LogP contribution in [0.4, 0.5) is 0 Å². The Morgan fingerprint density at radius 2 is 2.30 bits per heavy atom. The lowest BCUT2D eigenvalue weighted by molar-refractivity contribution is 0.104. The van der Waals surface area contributed by atoms with Gasteiger partial charge in [-0.25, -0.2) is 0 Å². The highest BCUT2D eigenvalue weighted by Crippen LogP contribution is 2.74. The molecule has 0 radical (unpaired) electrons. The van der Waals surface area contributed by atoms with E-state index < -0.39 is 0 Å². The third-order valence-corrected chi connectivity index (χ3v) is 4.29. The average molecular weight is 138 g/mol. The van der Waals surface area contributed by atoms with Crippen LogP contribution in [0.5, 0.6) is 0 Å². The van der Waals surface area contributed by atoms with E-state index in [0.717, 1.165) is 23.2 Å². The molecule has 10 heavy (non-hydrogen) atoms. The second kappa shape index (κ2) is 1.78. The molecule has 58 valence electrons. The van der Waals surface area contributed by atoms with Crippen molar-refractivity contribution < 1.29 is 0 Å². The summed E-state index contributed by atoms with van der Waals surface area (Å²) in [5, 5.41) is 0. The quantitative estimate of drug-likeness (QED) is 0.550. The highest BCUT2D eigenvalue weighted by molar-refractivity contribution is 5.15. The molecular weight excluding hydrogens is 120 g/mol. The molecule has 2 fully saturated rings. The molecule has 2 aliphatic carbocycles. The van der Waals surface area contributed by atoms with Gasteiger partial charge in [-0.2, -0.15) is 0 Å². The maximum atomic E-state index is 2.44. The molecule has 0 aromatic carbocycles. The highest BCUT2D eigenvalue weighted by Gasteiger charge is 2.67. The lowest BCUT2D eigenvalue weighted by atomic mass is 9.67. The Kier molecular flexibility index (Phi) is 1.19. The monoisotopic (exact) mass is 138 g/mol. The first kappa shape index (κ1) is 6.69. The normalized spacial score (nSPS) is 53.1. The maximum absolute atomic E-state index is 2.44. The first-order valence-electron chi connectivity index (χ1n) is 4.71. The molecule has 4 unspecified atom stereocenters. The minimum Gasteiger partial charge on any atom is -0.0651 e. The first-order valence-corrected chi connectivity index (χ1v) is 4.71. The summed E-state index contributed by atoms with van der Waals surface area (Å²) in [4.78, 5) is 0. The third-order valence-electron chi connectivity index (χ3n) is 4.29. The van der Waals surface area contributed by atoms with Crippen LogP contribution in [0.1, 0.15) is 40.0 Å². The number of fused-ring (bicyclic) bond motifs is 1. The van der Waals surface area contributed by atoms with Gasteiger partial charge in [0.25, 0.3) is 0 Å². The minimum atomic E-state index is 0.856. The van der Waals surface area contributed by atoms with E-state index in [1.54, 1.807) is 6.42 Å². The van der Waals surface area contributed by atoms with Crippen molar-refractivity contribution in [1.29, 1.82) is 0 Å². The Morgan fingerprint density at radius 1 is 1.60 bits per heavy atom. The molecule has 0 heteroatoms.